The summed E-state index contributed by atoms with van der Waals surface area (Å²) in [6.07, 6.45) is -6.48. The number of benzene rings is 1. The van der Waals surface area contributed by atoms with Gasteiger partial charge in [0.05, 0.1) is 5.56 Å². The fourth-order valence-electron chi connectivity index (χ4n) is 1.09. The maximum atomic E-state index is 13.0. The Hall–Kier alpha value is -1.17. The van der Waals surface area contributed by atoms with Crippen molar-refractivity contribution in [3.8, 4) is 0 Å². The van der Waals surface area contributed by atoms with Gasteiger partial charge >= 0.3 is 6.18 Å². The smallest absolute Gasteiger partial charge is 0.327 e. The molecule has 6 heteroatoms. The number of hydrogen-bond donors (Lipinski definition) is 1. The molecule has 15 heavy (non-hydrogen) atoms. The Balaban J connectivity index is 3.17. The molecule has 0 spiro atoms. The first-order valence-corrected chi connectivity index (χ1v) is 4.06. The van der Waals surface area contributed by atoms with Gasteiger partial charge in [-0.25, -0.2) is 8.78 Å². The van der Waals surface area contributed by atoms with E-state index in [2.05, 4.69) is 0 Å². The largest absolute Gasteiger partial charge is 0.416 e. The first-order valence-electron chi connectivity index (χ1n) is 4.06. The van der Waals surface area contributed by atoms with E-state index in [1.165, 1.54) is 0 Å². The summed E-state index contributed by atoms with van der Waals surface area (Å²) in [4.78, 5) is 0. The summed E-state index contributed by atoms with van der Waals surface area (Å²) in [5, 5.41) is 0. The Labute approximate surface area is 82.7 Å². The third-order valence-corrected chi connectivity index (χ3v) is 1.82. The van der Waals surface area contributed by atoms with E-state index in [0.29, 0.717) is 18.2 Å². The first-order chi connectivity index (χ1) is 6.84. The van der Waals surface area contributed by atoms with Crippen LogP contribution >= 0.6 is 0 Å². The summed E-state index contributed by atoms with van der Waals surface area (Å²) in [5.74, 6) is -1.13. The summed E-state index contributed by atoms with van der Waals surface area (Å²) >= 11 is 0. The Kier molecular flexibility index (Phi) is 3.28. The molecular weight excluding hydrogens is 217 g/mol. The van der Waals surface area contributed by atoms with Crippen LogP contribution in [0.1, 0.15) is 17.3 Å². The molecule has 0 aliphatic carbocycles. The summed E-state index contributed by atoms with van der Waals surface area (Å²) in [6, 6.07) is 1.57. The highest BCUT2D eigenvalue weighted by Crippen LogP contribution is 2.32. The van der Waals surface area contributed by atoms with E-state index in [9.17, 15) is 22.0 Å². The van der Waals surface area contributed by atoms with Crippen molar-refractivity contribution < 1.29 is 22.0 Å². The molecule has 0 saturated heterocycles. The lowest BCUT2D eigenvalue weighted by Gasteiger charge is -2.11. The Morgan fingerprint density at radius 2 is 1.80 bits per heavy atom. The second-order valence-corrected chi connectivity index (χ2v) is 2.97. The third kappa shape index (κ3) is 2.89. The van der Waals surface area contributed by atoms with Gasteiger partial charge in [0.25, 0.3) is 0 Å². The lowest BCUT2D eigenvalue weighted by Crippen LogP contribution is -2.11. The predicted molar refractivity (Wildman–Crippen MR) is 44.3 cm³/mol. The van der Waals surface area contributed by atoms with Crippen LogP contribution < -0.4 is 5.73 Å². The Morgan fingerprint density at radius 1 is 1.20 bits per heavy atom. The lowest BCUT2D eigenvalue weighted by atomic mass is 10.1. The molecule has 1 aromatic carbocycles. The zero-order chi connectivity index (χ0) is 11.6. The number of alkyl halides is 4. The molecule has 1 rings (SSSR count). The van der Waals surface area contributed by atoms with Crippen molar-refractivity contribution in [2.24, 2.45) is 5.73 Å². The van der Waals surface area contributed by atoms with Gasteiger partial charge in [0.15, 0.2) is 0 Å². The molecule has 0 fully saturated rings. The molecule has 0 saturated carbocycles. The standard InChI is InChI=1S/C9H8F5N/c10-7-2-5(8(11)4-15)1-6(3-7)9(12,13)14/h1-3,8H,4,15H2. The summed E-state index contributed by atoms with van der Waals surface area (Å²) in [7, 11) is 0. The summed E-state index contributed by atoms with van der Waals surface area (Å²) < 4.78 is 62.3. The highest BCUT2D eigenvalue weighted by Gasteiger charge is 2.31. The van der Waals surface area contributed by atoms with Gasteiger partial charge in [-0.1, -0.05) is 0 Å². The zero-order valence-electron chi connectivity index (χ0n) is 7.48. The third-order valence-electron chi connectivity index (χ3n) is 1.82. The van der Waals surface area contributed by atoms with Gasteiger partial charge in [0.1, 0.15) is 12.0 Å². The monoisotopic (exact) mass is 225 g/mol. The van der Waals surface area contributed by atoms with E-state index in [4.69, 9.17) is 5.73 Å². The van der Waals surface area contributed by atoms with E-state index in [1.54, 1.807) is 0 Å². The molecule has 0 bridgehead atoms. The quantitative estimate of drug-likeness (QED) is 0.769. The average Bonchev–Trinajstić information content (AvgIpc) is 2.14. The van der Waals surface area contributed by atoms with Gasteiger partial charge in [0.2, 0.25) is 0 Å². The van der Waals surface area contributed by atoms with Crippen molar-refractivity contribution in [1.29, 1.82) is 0 Å². The molecule has 0 radical (unpaired) electrons. The van der Waals surface area contributed by atoms with Crippen molar-refractivity contribution in [3.63, 3.8) is 0 Å². The van der Waals surface area contributed by atoms with Crippen LogP contribution in [-0.2, 0) is 6.18 Å². The number of halogens is 5. The molecule has 0 heterocycles. The second kappa shape index (κ2) is 4.14. The molecule has 0 amide bonds. The molecular formula is C9H8F5N. The molecule has 1 nitrogen and oxygen atoms in total. The minimum absolute atomic E-state index is 0.312. The van der Waals surface area contributed by atoms with Gasteiger partial charge < -0.3 is 5.73 Å². The Bertz CT molecular complexity index is 347. The predicted octanol–water partition coefficient (Wildman–Crippen LogP) is 2.81. The number of nitrogens with two attached hydrogens (primary N) is 1. The molecule has 2 N–H and O–H groups in total. The minimum atomic E-state index is -4.69. The van der Waals surface area contributed by atoms with Crippen LogP contribution in [0, 0.1) is 5.82 Å². The average molecular weight is 225 g/mol. The summed E-state index contributed by atoms with van der Waals surface area (Å²) in [6.45, 7) is -0.485. The second-order valence-electron chi connectivity index (χ2n) is 2.97. The van der Waals surface area contributed by atoms with Crippen LogP contribution in [0.25, 0.3) is 0 Å². The van der Waals surface area contributed by atoms with Crippen molar-refractivity contribution in [3.05, 3.63) is 35.1 Å². The maximum Gasteiger partial charge on any atom is 0.416 e. The van der Waals surface area contributed by atoms with E-state index >= 15 is 0 Å². The van der Waals surface area contributed by atoms with Crippen LogP contribution in [0.5, 0.6) is 0 Å². The van der Waals surface area contributed by atoms with Gasteiger partial charge in [-0.05, 0) is 23.8 Å². The molecule has 0 aromatic heterocycles. The normalized spacial score (nSPS) is 14.0. The Morgan fingerprint density at radius 3 is 2.27 bits per heavy atom. The lowest BCUT2D eigenvalue weighted by molar-refractivity contribution is -0.137. The highest BCUT2D eigenvalue weighted by molar-refractivity contribution is 5.28. The molecule has 84 valence electrons. The van der Waals surface area contributed by atoms with E-state index in [1.807, 2.05) is 0 Å². The van der Waals surface area contributed by atoms with Crippen LogP contribution in [0.3, 0.4) is 0 Å². The van der Waals surface area contributed by atoms with Crippen molar-refractivity contribution >= 4 is 0 Å². The van der Waals surface area contributed by atoms with Gasteiger partial charge in [0, 0.05) is 6.54 Å². The van der Waals surface area contributed by atoms with E-state index in [0.717, 1.165) is 0 Å². The summed E-state index contributed by atoms with van der Waals surface area (Å²) in [5.41, 5.74) is 3.32. The zero-order valence-corrected chi connectivity index (χ0v) is 7.48. The van der Waals surface area contributed by atoms with Gasteiger partial charge in [-0.3, -0.25) is 0 Å². The highest BCUT2D eigenvalue weighted by atomic mass is 19.4. The van der Waals surface area contributed by atoms with Crippen LogP contribution in [0.2, 0.25) is 0 Å². The minimum Gasteiger partial charge on any atom is -0.327 e. The van der Waals surface area contributed by atoms with Gasteiger partial charge in [-0.2, -0.15) is 13.2 Å². The topological polar surface area (TPSA) is 26.0 Å². The van der Waals surface area contributed by atoms with E-state index < -0.39 is 35.8 Å². The van der Waals surface area contributed by atoms with Gasteiger partial charge in [-0.15, -0.1) is 0 Å². The van der Waals surface area contributed by atoms with E-state index in [-0.39, 0.29) is 0 Å². The fraction of sp³-hybridized carbons (Fsp3) is 0.333. The fourth-order valence-corrected chi connectivity index (χ4v) is 1.09. The molecule has 0 aliphatic heterocycles. The van der Waals surface area contributed by atoms with Crippen LogP contribution in [0.4, 0.5) is 22.0 Å². The van der Waals surface area contributed by atoms with Crippen molar-refractivity contribution in [2.45, 2.75) is 12.3 Å². The molecule has 1 aromatic rings. The van der Waals surface area contributed by atoms with Crippen LogP contribution in [-0.4, -0.2) is 6.54 Å². The SMILES string of the molecule is NCC(F)c1cc(F)cc(C(F)(F)F)c1. The molecule has 0 aliphatic rings. The molecule has 1 atom stereocenters. The molecule has 1 unspecified atom stereocenters. The van der Waals surface area contributed by atoms with Crippen molar-refractivity contribution in [1.82, 2.24) is 0 Å². The van der Waals surface area contributed by atoms with Crippen molar-refractivity contribution in [2.75, 3.05) is 6.54 Å². The first kappa shape index (κ1) is 11.9. The van der Waals surface area contributed by atoms with Crippen LogP contribution in [0.15, 0.2) is 18.2 Å². The number of hydrogen-bond acceptors (Lipinski definition) is 1. The maximum absolute atomic E-state index is 13.0. The number of rotatable bonds is 2.